The Morgan fingerprint density at radius 1 is 0.240 bits per heavy atom. The Kier molecular flexibility index (Phi) is 18.1. The fourth-order valence-corrected chi connectivity index (χ4v) is 16.0. The van der Waals surface area contributed by atoms with Gasteiger partial charge in [0.25, 0.3) is 0 Å². The van der Waals surface area contributed by atoms with Gasteiger partial charge < -0.3 is 9.13 Å². The van der Waals surface area contributed by atoms with Crippen molar-refractivity contribution in [2.24, 2.45) is 0 Å². The van der Waals surface area contributed by atoms with Crippen LogP contribution in [0.15, 0.2) is 370 Å². The number of benzene rings is 15. The highest BCUT2D eigenvalue weighted by atomic mass is 15.1. The first-order valence-corrected chi connectivity index (χ1v) is 39.6. The minimum absolute atomic E-state index is 0.419. The Labute approximate surface area is 695 Å². The summed E-state index contributed by atoms with van der Waals surface area (Å²) in [7, 11) is 0. The molecule has 0 saturated heterocycles. The molecule has 0 radical (unpaired) electrons. The number of nitriles is 1. The molecule has 0 bridgehead atoms. The van der Waals surface area contributed by atoms with E-state index in [0.29, 0.717) is 86.7 Å². The quantitative estimate of drug-likeness (QED) is 0.0831. The van der Waals surface area contributed by atoms with Crippen LogP contribution in [-0.4, -0.2) is 68.9 Å². The normalized spacial score (nSPS) is 11.3. The molecule has 0 aliphatic carbocycles. The van der Waals surface area contributed by atoms with Gasteiger partial charge in [0.1, 0.15) is 0 Å². The number of aromatic nitrogens is 14. The van der Waals surface area contributed by atoms with Gasteiger partial charge in [-0.2, -0.15) is 5.26 Å². The van der Waals surface area contributed by atoms with Gasteiger partial charge in [-0.25, -0.2) is 64.7 Å². The summed E-state index contributed by atoms with van der Waals surface area (Å²) in [4.78, 5) is 66.7. The van der Waals surface area contributed by atoms with Crippen molar-refractivity contribution in [3.63, 3.8) is 0 Å². The van der Waals surface area contributed by atoms with Crippen LogP contribution in [0.2, 0.25) is 0 Å². The summed E-state index contributed by atoms with van der Waals surface area (Å²) < 4.78 is 4.56. The maximum absolute atomic E-state index is 10.2. The highest BCUT2D eigenvalue weighted by Crippen LogP contribution is 2.47. The predicted molar refractivity (Wildman–Crippen MR) is 480 cm³/mol. The third-order valence-corrected chi connectivity index (χ3v) is 21.9. The molecule has 0 N–H and O–H groups in total. The van der Waals surface area contributed by atoms with E-state index < -0.39 is 0 Å². The Hall–Kier alpha value is -17.1. The SMILES string of the molecule is [C-]#[N+]c1ccc(-n2c3ccc(-c4nc(-c5ccccc5)nc(-c5ccccc5)n4)cc3c3cc(-c4nc(-c5ccccc5)nc(-c5ccccc5)n4)ccc32)cc1-c1cc(-c2ccc(C#N)cc2C)ccc1-n1c2ccc(-c3nc(-c4ccccc4)nc(-c4ccccc4)n3)cc2c2cc(-c3nc(-c4ccccc4)nc(-c4ccccc4)n3)ccc21. The lowest BCUT2D eigenvalue weighted by molar-refractivity contribution is 1.07. The molecule has 16 nitrogen and oxygen atoms in total. The summed E-state index contributed by atoms with van der Waals surface area (Å²) in [5, 5.41) is 13.8. The van der Waals surface area contributed by atoms with Gasteiger partial charge >= 0.3 is 0 Å². The third-order valence-electron chi connectivity index (χ3n) is 21.9. The van der Waals surface area contributed by atoms with Crippen LogP contribution in [0.25, 0.3) is 219 Å². The van der Waals surface area contributed by atoms with Crippen LogP contribution >= 0.6 is 0 Å². The molecule has 121 heavy (non-hydrogen) atoms. The van der Waals surface area contributed by atoms with Gasteiger partial charge in [-0.1, -0.05) is 261 Å². The summed E-state index contributed by atoms with van der Waals surface area (Å²) in [6.45, 7) is 11.3. The van der Waals surface area contributed by atoms with E-state index >= 15 is 0 Å². The molecular formula is C105H64N16. The molecular weight excluding hydrogens is 1490 g/mol. The molecule has 0 aliphatic heterocycles. The lowest BCUT2D eigenvalue weighted by atomic mass is 9.93. The van der Waals surface area contributed by atoms with Gasteiger partial charge in [-0.05, 0) is 144 Å². The lowest BCUT2D eigenvalue weighted by Gasteiger charge is -2.19. The maximum Gasteiger partial charge on any atom is 0.195 e. The molecule has 0 atom stereocenters. The number of fused-ring (bicyclic) bond motifs is 6. The van der Waals surface area contributed by atoms with Crippen LogP contribution < -0.4 is 0 Å². The van der Waals surface area contributed by atoms with Gasteiger partial charge in [-0.15, -0.1) is 0 Å². The summed E-state index contributed by atoms with van der Waals surface area (Å²) in [6.07, 6.45) is 0. The van der Waals surface area contributed by atoms with E-state index in [0.717, 1.165) is 144 Å². The summed E-state index contributed by atoms with van der Waals surface area (Å²) >= 11 is 0. The first kappa shape index (κ1) is 71.7. The lowest BCUT2D eigenvalue weighted by Crippen LogP contribution is -2.01. The van der Waals surface area contributed by atoms with Crippen LogP contribution in [-0.2, 0) is 0 Å². The van der Waals surface area contributed by atoms with Crippen LogP contribution in [0.1, 0.15) is 11.1 Å². The van der Waals surface area contributed by atoms with E-state index in [1.807, 2.05) is 280 Å². The van der Waals surface area contributed by atoms with E-state index in [4.69, 9.17) is 59.8 Å². The van der Waals surface area contributed by atoms with Crippen molar-refractivity contribution in [1.82, 2.24) is 68.9 Å². The molecule has 0 spiro atoms. The van der Waals surface area contributed by atoms with Crippen molar-refractivity contribution in [1.29, 1.82) is 5.26 Å². The summed E-state index contributed by atoms with van der Waals surface area (Å²) in [5.74, 6) is 6.27. The second kappa shape index (κ2) is 30.6. The van der Waals surface area contributed by atoms with Crippen molar-refractivity contribution in [2.75, 3.05) is 0 Å². The van der Waals surface area contributed by atoms with Crippen molar-refractivity contribution < 1.29 is 0 Å². The van der Waals surface area contributed by atoms with Gasteiger partial charge in [0.05, 0.1) is 46.0 Å². The topological polar surface area (TPSA) is 193 Å². The first-order chi connectivity index (χ1) is 59.7. The first-order valence-electron chi connectivity index (χ1n) is 39.6. The highest BCUT2D eigenvalue weighted by molar-refractivity contribution is 6.14. The fraction of sp³-hybridized carbons (Fsp3) is 0.00952. The molecule has 21 aromatic rings. The zero-order valence-corrected chi connectivity index (χ0v) is 64.9. The van der Waals surface area contributed by atoms with Crippen molar-refractivity contribution in [3.8, 4) is 176 Å². The average Bonchev–Trinajstić information content (AvgIpc) is 1.58. The Bertz CT molecular complexity index is 7110. The van der Waals surface area contributed by atoms with E-state index in [-0.39, 0.29) is 0 Å². The predicted octanol–water partition coefficient (Wildman–Crippen LogP) is 24.7. The van der Waals surface area contributed by atoms with Gasteiger partial charge in [0.2, 0.25) is 0 Å². The van der Waals surface area contributed by atoms with Crippen LogP contribution in [0.3, 0.4) is 0 Å². The minimum atomic E-state index is 0.419. The van der Waals surface area contributed by atoms with Crippen molar-refractivity contribution in [2.45, 2.75) is 6.92 Å². The molecule has 15 aromatic carbocycles. The largest absolute Gasteiger partial charge is 0.309 e. The molecule has 6 aromatic heterocycles. The Morgan fingerprint density at radius 2 is 0.512 bits per heavy atom. The highest BCUT2D eigenvalue weighted by Gasteiger charge is 2.26. The third kappa shape index (κ3) is 13.6. The van der Waals surface area contributed by atoms with E-state index in [2.05, 4.69) is 117 Å². The van der Waals surface area contributed by atoms with E-state index in [9.17, 15) is 11.8 Å². The molecule has 6 heterocycles. The molecule has 21 rings (SSSR count). The molecule has 0 fully saturated rings. The zero-order valence-electron chi connectivity index (χ0n) is 64.9. The molecule has 0 amide bonds. The van der Waals surface area contributed by atoms with Gasteiger partial charge in [-0.3, -0.25) is 0 Å². The molecule has 0 unspecified atom stereocenters. The second-order valence-electron chi connectivity index (χ2n) is 29.4. The summed E-state index contributed by atoms with van der Waals surface area (Å²) in [5.41, 5.74) is 20.0. The number of aryl methyl sites for hydroxylation is 1. The van der Waals surface area contributed by atoms with E-state index in [1.165, 1.54) is 0 Å². The fourth-order valence-electron chi connectivity index (χ4n) is 16.0. The van der Waals surface area contributed by atoms with Gasteiger partial charge in [0, 0.05) is 94.0 Å². The second-order valence-corrected chi connectivity index (χ2v) is 29.4. The number of hydrogen-bond donors (Lipinski definition) is 0. The molecule has 0 saturated carbocycles. The van der Waals surface area contributed by atoms with Gasteiger partial charge in [0.15, 0.2) is 75.6 Å². The molecule has 0 aliphatic rings. The molecule has 564 valence electrons. The average molecular weight is 1550 g/mol. The van der Waals surface area contributed by atoms with Crippen LogP contribution in [0.4, 0.5) is 5.69 Å². The number of rotatable bonds is 16. The zero-order chi connectivity index (χ0) is 80.9. The smallest absolute Gasteiger partial charge is 0.195 e. The van der Waals surface area contributed by atoms with Crippen LogP contribution in [0.5, 0.6) is 0 Å². The van der Waals surface area contributed by atoms with Crippen LogP contribution in [0, 0.1) is 24.8 Å². The Balaban J connectivity index is 0.803. The minimum Gasteiger partial charge on any atom is -0.309 e. The number of hydrogen-bond acceptors (Lipinski definition) is 13. The standard InChI is InChI=1S/C105H64N16/c1-65-57-66(64-106)43-50-81(65)75-44-52-91(121-92-55-47-78(104-116-98(71-35-19-7-20-36-71)110-99(117-104)72-37-21-8-22-38-72)61-86(92)87-62-79(48-56-93(87)121)105-118-100(73-39-23-9-24-40-73)111-101(119-105)74-41-25-10-26-42-74)83(58-75)82-63-80(49-51-88(82)107-2)120-89-53-45-76(102-112-94(67-27-11-3-12-28-67)108-95(113-102)68-29-13-4-14-30-68)59-84(89)85-60-77(46-54-90(85)120)103-114-96(69-31-15-5-16-32-69)109-97(115-103)70-33-17-6-18-34-70/h3-63H,1H3. The monoisotopic (exact) mass is 1550 g/mol. The Morgan fingerprint density at radius 3 is 0.785 bits per heavy atom. The van der Waals surface area contributed by atoms with Crippen molar-refractivity contribution in [3.05, 3.63) is 393 Å². The molecule has 16 heteroatoms. The number of nitrogens with zero attached hydrogens (tertiary/aromatic N) is 16. The van der Waals surface area contributed by atoms with E-state index in [1.54, 1.807) is 0 Å². The summed E-state index contributed by atoms with van der Waals surface area (Å²) in [6, 6.07) is 126. The maximum atomic E-state index is 10.2. The van der Waals surface area contributed by atoms with Crippen molar-refractivity contribution >= 4 is 49.3 Å².